The number of carbonyl (C=O) groups excluding carboxylic acids is 3. The normalized spacial score (nSPS) is 9.96. The van der Waals surface area contributed by atoms with Crippen molar-refractivity contribution in [3.05, 3.63) is 59.2 Å². The molecule has 23 heavy (non-hydrogen) atoms. The lowest BCUT2D eigenvalue weighted by Gasteiger charge is -2.13. The van der Waals surface area contributed by atoms with Crippen LogP contribution in [0.5, 0.6) is 5.75 Å². The summed E-state index contributed by atoms with van der Waals surface area (Å²) in [6.07, 6.45) is 0. The Bertz CT molecular complexity index is 767. The van der Waals surface area contributed by atoms with Gasteiger partial charge in [0, 0.05) is 16.8 Å². The van der Waals surface area contributed by atoms with E-state index in [0.717, 1.165) is 18.2 Å². The Balaban J connectivity index is 2.30. The second kappa shape index (κ2) is 6.61. The second-order valence-electron chi connectivity index (χ2n) is 4.52. The Hall–Kier alpha value is -3.35. The zero-order valence-electron chi connectivity index (χ0n) is 12.0. The van der Waals surface area contributed by atoms with Gasteiger partial charge in [0.05, 0.1) is 19.0 Å². The van der Waals surface area contributed by atoms with Gasteiger partial charge >= 0.3 is 0 Å². The highest BCUT2D eigenvalue weighted by Gasteiger charge is 2.13. The van der Waals surface area contributed by atoms with Crippen molar-refractivity contribution >= 4 is 23.5 Å². The van der Waals surface area contributed by atoms with Crippen LogP contribution in [0, 0.1) is 0 Å². The summed E-state index contributed by atoms with van der Waals surface area (Å²) in [7, 11) is 1.50. The summed E-state index contributed by atoms with van der Waals surface area (Å²) in [6, 6.07) is 9.40. The number of hydrogen-bond acceptors (Lipinski definition) is 6. The van der Waals surface area contributed by atoms with Crippen LogP contribution in [0.15, 0.2) is 42.5 Å². The Morgan fingerprint density at radius 3 is 2.09 bits per heavy atom. The number of methoxy groups -OCH3 is 1. The summed E-state index contributed by atoms with van der Waals surface area (Å²) in [5.41, 5.74) is -0.683. The maximum atomic E-state index is 12.2. The van der Waals surface area contributed by atoms with E-state index in [-0.39, 0.29) is 11.1 Å². The first-order valence-corrected chi connectivity index (χ1v) is 6.44. The number of anilines is 1. The van der Waals surface area contributed by atoms with Crippen LogP contribution < -0.4 is 20.3 Å². The molecule has 1 N–H and O–H groups in total. The number of carboxylic acid groups (broad SMARTS) is 2. The van der Waals surface area contributed by atoms with Crippen LogP contribution in [0.1, 0.15) is 31.1 Å². The number of carboxylic acids is 2. The third-order valence-corrected chi connectivity index (χ3v) is 3.07. The molecular formula is C16H11NO6-2. The van der Waals surface area contributed by atoms with E-state index >= 15 is 0 Å². The third kappa shape index (κ3) is 3.65. The molecule has 0 spiro atoms. The molecule has 0 radical (unpaired) electrons. The fourth-order valence-corrected chi connectivity index (χ4v) is 1.91. The monoisotopic (exact) mass is 313 g/mol. The highest BCUT2D eigenvalue weighted by molar-refractivity contribution is 6.11. The lowest BCUT2D eigenvalue weighted by molar-refractivity contribution is -0.255. The molecule has 7 heteroatoms. The van der Waals surface area contributed by atoms with Crippen LogP contribution in [0.25, 0.3) is 0 Å². The standard InChI is InChI=1S/C16H13NO6/c1-23-11-5-3-10(4-6-11)17-14(18)12-7-2-9(15(19)20)8-13(12)16(21)22/h2-8H,1H3,(H,17,18)(H,19,20)(H,21,22)/p-2. The fraction of sp³-hybridized carbons (Fsp3) is 0.0625. The van der Waals surface area contributed by atoms with E-state index in [1.807, 2.05) is 0 Å². The highest BCUT2D eigenvalue weighted by Crippen LogP contribution is 2.18. The van der Waals surface area contributed by atoms with E-state index in [4.69, 9.17) is 4.74 Å². The Kier molecular flexibility index (Phi) is 4.61. The first kappa shape index (κ1) is 16.0. The van der Waals surface area contributed by atoms with E-state index < -0.39 is 23.4 Å². The summed E-state index contributed by atoms with van der Waals surface area (Å²) >= 11 is 0. The Morgan fingerprint density at radius 1 is 0.913 bits per heavy atom. The van der Waals surface area contributed by atoms with E-state index in [1.165, 1.54) is 7.11 Å². The molecule has 0 saturated heterocycles. The van der Waals surface area contributed by atoms with Crippen molar-refractivity contribution in [2.75, 3.05) is 12.4 Å². The molecule has 0 unspecified atom stereocenters. The molecule has 0 fully saturated rings. The van der Waals surface area contributed by atoms with Gasteiger partial charge in [-0.1, -0.05) is 6.07 Å². The maximum Gasteiger partial charge on any atom is 0.256 e. The van der Waals surface area contributed by atoms with E-state index in [9.17, 15) is 24.6 Å². The van der Waals surface area contributed by atoms with Gasteiger partial charge in [-0.25, -0.2) is 0 Å². The first-order chi connectivity index (χ1) is 10.9. The average molecular weight is 313 g/mol. The predicted molar refractivity (Wildman–Crippen MR) is 76.1 cm³/mol. The van der Waals surface area contributed by atoms with Gasteiger partial charge in [-0.3, -0.25) is 4.79 Å². The topological polar surface area (TPSA) is 119 Å². The molecule has 0 aliphatic carbocycles. The van der Waals surface area contributed by atoms with Gasteiger partial charge in [0.25, 0.3) is 5.91 Å². The summed E-state index contributed by atoms with van der Waals surface area (Å²) in [4.78, 5) is 34.1. The fourth-order valence-electron chi connectivity index (χ4n) is 1.91. The molecule has 118 valence electrons. The molecule has 2 aromatic carbocycles. The maximum absolute atomic E-state index is 12.2. The van der Waals surface area contributed by atoms with Crippen LogP contribution in [0.4, 0.5) is 5.69 Å². The van der Waals surface area contributed by atoms with Gasteiger partial charge in [-0.2, -0.15) is 0 Å². The molecule has 0 saturated carbocycles. The van der Waals surface area contributed by atoms with Crippen molar-refractivity contribution < 1.29 is 29.3 Å². The largest absolute Gasteiger partial charge is 0.545 e. The van der Waals surface area contributed by atoms with Gasteiger partial charge in [-0.05, 0) is 42.0 Å². The number of benzene rings is 2. The van der Waals surface area contributed by atoms with E-state index in [0.29, 0.717) is 11.4 Å². The van der Waals surface area contributed by atoms with Crippen LogP contribution in [0.2, 0.25) is 0 Å². The van der Waals surface area contributed by atoms with Gasteiger partial charge in [0.1, 0.15) is 5.75 Å². The summed E-state index contributed by atoms with van der Waals surface area (Å²) in [5, 5.41) is 24.4. The number of carbonyl (C=O) groups is 3. The van der Waals surface area contributed by atoms with Gasteiger partial charge in [0.2, 0.25) is 0 Å². The lowest BCUT2D eigenvalue weighted by Crippen LogP contribution is -2.28. The molecule has 2 rings (SSSR count). The lowest BCUT2D eigenvalue weighted by atomic mass is 10.0. The highest BCUT2D eigenvalue weighted by atomic mass is 16.5. The number of hydrogen-bond donors (Lipinski definition) is 1. The number of nitrogens with one attached hydrogen (secondary N) is 1. The molecule has 7 nitrogen and oxygen atoms in total. The average Bonchev–Trinajstić information content (AvgIpc) is 2.54. The summed E-state index contributed by atoms with van der Waals surface area (Å²) in [6.45, 7) is 0. The molecule has 0 aromatic heterocycles. The van der Waals surface area contributed by atoms with Gasteiger partial charge < -0.3 is 29.9 Å². The quantitative estimate of drug-likeness (QED) is 0.807. The predicted octanol–water partition coefficient (Wildman–Crippen LogP) is -0.326. The van der Waals surface area contributed by atoms with Gasteiger partial charge in [0.15, 0.2) is 0 Å². The Labute approximate surface area is 131 Å². The summed E-state index contributed by atoms with van der Waals surface area (Å²) < 4.78 is 4.98. The minimum Gasteiger partial charge on any atom is -0.545 e. The molecule has 0 atom stereocenters. The van der Waals surface area contributed by atoms with Crippen molar-refractivity contribution in [1.29, 1.82) is 0 Å². The van der Waals surface area contributed by atoms with Crippen molar-refractivity contribution in [2.45, 2.75) is 0 Å². The molecular weight excluding hydrogens is 302 g/mol. The zero-order chi connectivity index (χ0) is 17.0. The minimum absolute atomic E-state index is 0.217. The van der Waals surface area contributed by atoms with Crippen LogP contribution in [0.3, 0.4) is 0 Å². The first-order valence-electron chi connectivity index (χ1n) is 6.44. The van der Waals surface area contributed by atoms with Crippen molar-refractivity contribution in [2.24, 2.45) is 0 Å². The second-order valence-corrected chi connectivity index (χ2v) is 4.52. The van der Waals surface area contributed by atoms with E-state index in [2.05, 4.69) is 5.32 Å². The SMILES string of the molecule is COc1ccc(NC(=O)c2ccc(C(=O)[O-])cc2C(=O)[O-])cc1. The van der Waals surface area contributed by atoms with Gasteiger partial charge in [-0.15, -0.1) is 0 Å². The molecule has 1 amide bonds. The Morgan fingerprint density at radius 2 is 1.57 bits per heavy atom. The van der Waals surface area contributed by atoms with Crippen LogP contribution >= 0.6 is 0 Å². The molecule has 2 aromatic rings. The molecule has 0 aliphatic heterocycles. The number of aromatic carboxylic acids is 2. The molecule has 0 heterocycles. The number of rotatable bonds is 5. The van der Waals surface area contributed by atoms with E-state index in [1.54, 1.807) is 24.3 Å². The number of amides is 1. The van der Waals surface area contributed by atoms with Crippen molar-refractivity contribution in [3.8, 4) is 5.75 Å². The van der Waals surface area contributed by atoms with Crippen molar-refractivity contribution in [3.63, 3.8) is 0 Å². The smallest absolute Gasteiger partial charge is 0.256 e. The zero-order valence-corrected chi connectivity index (χ0v) is 12.0. The third-order valence-electron chi connectivity index (χ3n) is 3.07. The number of ether oxygens (including phenoxy) is 1. The molecule has 0 bridgehead atoms. The van der Waals surface area contributed by atoms with Crippen LogP contribution in [-0.2, 0) is 0 Å². The minimum atomic E-state index is -1.66. The van der Waals surface area contributed by atoms with Crippen molar-refractivity contribution in [1.82, 2.24) is 0 Å². The van der Waals surface area contributed by atoms with Crippen LogP contribution in [-0.4, -0.2) is 25.0 Å². The summed E-state index contributed by atoms with van der Waals surface area (Å²) in [5.74, 6) is -3.32. The molecule has 0 aliphatic rings.